The Balaban J connectivity index is 1.52. The van der Waals surface area contributed by atoms with Crippen molar-refractivity contribution >= 4 is 0 Å². The molecule has 2 saturated heterocycles. The number of benzene rings is 1. The number of hydrogen-bond donors (Lipinski definition) is 1. The molecule has 0 aliphatic carbocycles. The van der Waals surface area contributed by atoms with E-state index in [2.05, 4.69) is 21.9 Å². The normalized spacial score (nSPS) is 21.3. The summed E-state index contributed by atoms with van der Waals surface area (Å²) in [5, 5.41) is 10.5. The van der Waals surface area contributed by atoms with Crippen LogP contribution in [0.1, 0.15) is 23.1 Å². The van der Waals surface area contributed by atoms with Crippen molar-refractivity contribution in [3.8, 4) is 5.75 Å². The Morgan fingerprint density at radius 2 is 1.76 bits per heavy atom. The molecule has 1 N–H and O–H groups in total. The molecule has 3 heterocycles. The van der Waals surface area contributed by atoms with E-state index < -0.39 is 0 Å². The largest absolute Gasteiger partial charge is 0.503 e. The van der Waals surface area contributed by atoms with Gasteiger partial charge in [-0.05, 0) is 5.56 Å². The first-order chi connectivity index (χ1) is 14.1. The summed E-state index contributed by atoms with van der Waals surface area (Å²) in [5.74, 6) is -0.152. The number of pyridine rings is 1. The molecule has 1 aromatic carbocycles. The standard InChI is InChI=1S/C22H29N3O4/c1-23-18(14-24-7-10-28-11-8-24)13-20(26)22(27)19(23)15-25-9-12-29-21(16-25)17-5-3-2-4-6-17/h2-6,13,21,27H,7-12,14-16H2,1H3/t21-/m1/s1. The van der Waals surface area contributed by atoms with Crippen molar-refractivity contribution in [1.82, 2.24) is 14.4 Å². The van der Waals surface area contributed by atoms with Crippen molar-refractivity contribution in [2.24, 2.45) is 7.05 Å². The molecule has 0 bridgehead atoms. The highest BCUT2D eigenvalue weighted by Gasteiger charge is 2.24. The highest BCUT2D eigenvalue weighted by molar-refractivity contribution is 5.30. The van der Waals surface area contributed by atoms with Gasteiger partial charge in [-0.2, -0.15) is 0 Å². The van der Waals surface area contributed by atoms with Crippen LogP contribution < -0.4 is 5.43 Å². The topological polar surface area (TPSA) is 67.2 Å². The SMILES string of the molecule is Cn1c(CN2CCOCC2)cc(=O)c(O)c1CN1CCO[C@@H](c2ccccc2)C1. The van der Waals surface area contributed by atoms with Gasteiger partial charge in [-0.25, -0.2) is 0 Å². The molecular weight excluding hydrogens is 370 g/mol. The molecule has 2 aromatic rings. The maximum absolute atomic E-state index is 12.4. The van der Waals surface area contributed by atoms with E-state index >= 15 is 0 Å². The molecule has 0 spiro atoms. The minimum absolute atomic E-state index is 0.000605. The zero-order valence-corrected chi connectivity index (χ0v) is 16.9. The van der Waals surface area contributed by atoms with E-state index in [4.69, 9.17) is 9.47 Å². The Morgan fingerprint density at radius 1 is 1.03 bits per heavy atom. The van der Waals surface area contributed by atoms with Gasteiger partial charge in [0.1, 0.15) is 0 Å². The van der Waals surface area contributed by atoms with E-state index in [9.17, 15) is 9.90 Å². The Bertz CT molecular complexity index is 878. The van der Waals surface area contributed by atoms with Crippen LogP contribution in [-0.4, -0.2) is 65.5 Å². The number of ether oxygens (including phenoxy) is 2. The molecule has 156 valence electrons. The van der Waals surface area contributed by atoms with Crippen LogP contribution in [0.25, 0.3) is 0 Å². The third-order valence-electron chi connectivity index (χ3n) is 5.82. The summed E-state index contributed by atoms with van der Waals surface area (Å²) in [6.07, 6.45) is 0.000605. The third-order valence-corrected chi connectivity index (χ3v) is 5.82. The number of morpholine rings is 2. The van der Waals surface area contributed by atoms with Gasteiger partial charge in [-0.15, -0.1) is 0 Å². The molecule has 0 radical (unpaired) electrons. The van der Waals surface area contributed by atoms with Crippen molar-refractivity contribution in [3.05, 3.63) is 63.6 Å². The van der Waals surface area contributed by atoms with Crippen molar-refractivity contribution in [2.75, 3.05) is 46.0 Å². The first-order valence-electron chi connectivity index (χ1n) is 10.2. The van der Waals surface area contributed by atoms with Gasteiger partial charge in [0.2, 0.25) is 5.43 Å². The van der Waals surface area contributed by atoms with Crippen LogP contribution in [0.3, 0.4) is 0 Å². The van der Waals surface area contributed by atoms with Crippen LogP contribution in [0.5, 0.6) is 5.75 Å². The molecular formula is C22H29N3O4. The summed E-state index contributed by atoms with van der Waals surface area (Å²) in [6.45, 7) is 6.46. The molecule has 2 aliphatic rings. The fourth-order valence-corrected chi connectivity index (χ4v) is 4.04. The van der Waals surface area contributed by atoms with Crippen molar-refractivity contribution in [3.63, 3.8) is 0 Å². The Hall–Kier alpha value is -2.19. The van der Waals surface area contributed by atoms with E-state index in [0.717, 1.165) is 37.4 Å². The lowest BCUT2D eigenvalue weighted by Crippen LogP contribution is -2.39. The molecule has 0 unspecified atom stereocenters. The second kappa shape index (κ2) is 9.09. The predicted octanol–water partition coefficient (Wildman–Crippen LogP) is 1.50. The van der Waals surface area contributed by atoms with Crippen LogP contribution in [-0.2, 0) is 29.6 Å². The van der Waals surface area contributed by atoms with Gasteiger partial charge in [-0.1, -0.05) is 30.3 Å². The van der Waals surface area contributed by atoms with E-state index in [-0.39, 0.29) is 17.3 Å². The van der Waals surface area contributed by atoms with Crippen LogP contribution in [0.15, 0.2) is 41.2 Å². The number of hydrogen-bond acceptors (Lipinski definition) is 6. The summed E-state index contributed by atoms with van der Waals surface area (Å²) in [4.78, 5) is 17.0. The number of aromatic hydroxyl groups is 1. The first-order valence-corrected chi connectivity index (χ1v) is 10.2. The van der Waals surface area contributed by atoms with Gasteiger partial charge >= 0.3 is 0 Å². The minimum Gasteiger partial charge on any atom is -0.503 e. The summed E-state index contributed by atoms with van der Waals surface area (Å²) in [5.41, 5.74) is 2.41. The highest BCUT2D eigenvalue weighted by atomic mass is 16.5. The van der Waals surface area contributed by atoms with Gasteiger partial charge in [0.05, 0.1) is 31.6 Å². The van der Waals surface area contributed by atoms with Gasteiger partial charge in [0, 0.05) is 58.1 Å². The molecule has 7 nitrogen and oxygen atoms in total. The van der Waals surface area contributed by atoms with Gasteiger partial charge in [0.25, 0.3) is 0 Å². The van der Waals surface area contributed by atoms with E-state index in [1.165, 1.54) is 0 Å². The molecule has 1 atom stereocenters. The van der Waals surface area contributed by atoms with Crippen molar-refractivity contribution in [1.29, 1.82) is 0 Å². The lowest BCUT2D eigenvalue weighted by atomic mass is 10.1. The molecule has 0 amide bonds. The van der Waals surface area contributed by atoms with Gasteiger partial charge in [0.15, 0.2) is 5.75 Å². The third kappa shape index (κ3) is 4.70. The second-order valence-corrected chi connectivity index (χ2v) is 7.75. The van der Waals surface area contributed by atoms with E-state index in [1.54, 1.807) is 6.07 Å². The van der Waals surface area contributed by atoms with E-state index in [0.29, 0.717) is 38.6 Å². The molecule has 0 saturated carbocycles. The molecule has 2 aliphatic heterocycles. The summed E-state index contributed by atoms with van der Waals surface area (Å²) in [7, 11) is 1.93. The maximum atomic E-state index is 12.4. The van der Waals surface area contributed by atoms with E-state index in [1.807, 2.05) is 29.8 Å². The van der Waals surface area contributed by atoms with Crippen LogP contribution >= 0.6 is 0 Å². The predicted molar refractivity (Wildman–Crippen MR) is 110 cm³/mol. The zero-order valence-electron chi connectivity index (χ0n) is 16.9. The Labute approximate surface area is 171 Å². The van der Waals surface area contributed by atoms with Crippen LogP contribution in [0.2, 0.25) is 0 Å². The van der Waals surface area contributed by atoms with Crippen LogP contribution in [0.4, 0.5) is 0 Å². The van der Waals surface area contributed by atoms with Crippen molar-refractivity contribution < 1.29 is 14.6 Å². The molecule has 29 heavy (non-hydrogen) atoms. The second-order valence-electron chi connectivity index (χ2n) is 7.75. The summed E-state index contributed by atoms with van der Waals surface area (Å²) in [6, 6.07) is 11.7. The number of rotatable bonds is 5. The smallest absolute Gasteiger partial charge is 0.223 e. The summed E-state index contributed by atoms with van der Waals surface area (Å²) >= 11 is 0. The summed E-state index contributed by atoms with van der Waals surface area (Å²) < 4.78 is 13.3. The fraction of sp³-hybridized carbons (Fsp3) is 0.500. The first kappa shape index (κ1) is 20.1. The van der Waals surface area contributed by atoms with Crippen molar-refractivity contribution in [2.45, 2.75) is 19.2 Å². The minimum atomic E-state index is -0.311. The maximum Gasteiger partial charge on any atom is 0.223 e. The van der Waals surface area contributed by atoms with Gasteiger partial charge in [-0.3, -0.25) is 14.6 Å². The quantitative estimate of drug-likeness (QED) is 0.822. The fourth-order valence-electron chi connectivity index (χ4n) is 4.04. The Morgan fingerprint density at radius 3 is 2.52 bits per heavy atom. The Kier molecular flexibility index (Phi) is 6.30. The lowest BCUT2D eigenvalue weighted by Gasteiger charge is -2.34. The average molecular weight is 399 g/mol. The molecule has 7 heteroatoms. The molecule has 4 rings (SSSR count). The number of aromatic nitrogens is 1. The highest BCUT2D eigenvalue weighted by Crippen LogP contribution is 2.25. The zero-order chi connectivity index (χ0) is 20.2. The number of nitrogens with zero attached hydrogens (tertiary/aromatic N) is 3. The average Bonchev–Trinajstić information content (AvgIpc) is 2.76. The monoisotopic (exact) mass is 399 g/mol. The molecule has 2 fully saturated rings. The van der Waals surface area contributed by atoms with Crippen LogP contribution in [0, 0.1) is 0 Å². The molecule has 1 aromatic heterocycles. The van der Waals surface area contributed by atoms with Gasteiger partial charge < -0.3 is 19.1 Å². The lowest BCUT2D eigenvalue weighted by molar-refractivity contribution is -0.0338.